The van der Waals surface area contributed by atoms with E-state index in [-0.39, 0.29) is 12.8 Å². The van der Waals surface area contributed by atoms with Crippen LogP contribution in [0.2, 0.25) is 0 Å². The molecule has 1 aliphatic rings. The van der Waals surface area contributed by atoms with Crippen molar-refractivity contribution in [3.8, 4) is 17.2 Å². The molecule has 0 bridgehead atoms. The first-order valence-corrected chi connectivity index (χ1v) is 8.60. The molecule has 1 unspecified atom stereocenters. The van der Waals surface area contributed by atoms with Gasteiger partial charge in [-0.1, -0.05) is 18.2 Å². The van der Waals surface area contributed by atoms with Gasteiger partial charge in [0.2, 0.25) is 6.79 Å². The topological polar surface area (TPSA) is 51.8 Å². The van der Waals surface area contributed by atoms with Gasteiger partial charge in [-0.25, -0.2) is 0 Å². The van der Waals surface area contributed by atoms with E-state index in [1.54, 1.807) is 0 Å². The molecule has 2 N–H and O–H groups in total. The van der Waals surface area contributed by atoms with Crippen LogP contribution in [-0.4, -0.2) is 24.6 Å². The Hall–Kier alpha value is -2.47. The van der Waals surface area contributed by atoms with E-state index >= 15 is 0 Å². The summed E-state index contributed by atoms with van der Waals surface area (Å²) in [5.41, 5.74) is 3.12. The van der Waals surface area contributed by atoms with Gasteiger partial charge < -0.3 is 24.8 Å². The number of para-hydroxylation sites is 1. The third-order valence-corrected chi connectivity index (χ3v) is 4.11. The molecule has 0 fully saturated rings. The number of hydrogen-bond acceptors (Lipinski definition) is 4. The quantitative estimate of drug-likeness (QED) is 0.793. The molecule has 1 atom stereocenters. The van der Waals surface area contributed by atoms with Gasteiger partial charge in [0.25, 0.3) is 0 Å². The highest BCUT2D eigenvalue weighted by Gasteiger charge is 2.14. The smallest absolute Gasteiger partial charge is 0.231 e. The maximum Gasteiger partial charge on any atom is 0.231 e. The fourth-order valence-corrected chi connectivity index (χ4v) is 2.96. The summed E-state index contributed by atoms with van der Waals surface area (Å²) < 4.78 is 16.6. The third kappa shape index (κ3) is 4.33. The SMILES string of the molecule is Cc1cccc(C)c1OCC(C)NC(=S)Nc1ccc2c(c1)OCO2. The summed E-state index contributed by atoms with van der Waals surface area (Å²) in [7, 11) is 0. The van der Waals surface area contributed by atoms with Crippen molar-refractivity contribution in [3.63, 3.8) is 0 Å². The van der Waals surface area contributed by atoms with Crippen molar-refractivity contribution in [1.82, 2.24) is 5.32 Å². The highest BCUT2D eigenvalue weighted by atomic mass is 32.1. The van der Waals surface area contributed by atoms with Crippen LogP contribution < -0.4 is 24.8 Å². The maximum absolute atomic E-state index is 5.95. The number of fused-ring (bicyclic) bond motifs is 1. The van der Waals surface area contributed by atoms with Crippen molar-refractivity contribution in [2.24, 2.45) is 0 Å². The predicted octanol–water partition coefficient (Wildman–Crippen LogP) is 3.79. The average molecular weight is 358 g/mol. The highest BCUT2D eigenvalue weighted by Crippen LogP contribution is 2.34. The van der Waals surface area contributed by atoms with Gasteiger partial charge in [-0.3, -0.25) is 0 Å². The lowest BCUT2D eigenvalue weighted by molar-refractivity contribution is 0.174. The number of rotatable bonds is 5. The molecule has 1 aliphatic heterocycles. The lowest BCUT2D eigenvalue weighted by Crippen LogP contribution is -2.39. The Kier molecular flexibility index (Phi) is 5.28. The third-order valence-electron chi connectivity index (χ3n) is 3.89. The van der Waals surface area contributed by atoms with Gasteiger partial charge in [0.05, 0.1) is 6.04 Å². The van der Waals surface area contributed by atoms with Gasteiger partial charge in [-0.2, -0.15) is 0 Å². The molecule has 0 radical (unpaired) electrons. The van der Waals surface area contributed by atoms with E-state index in [1.807, 2.05) is 57.2 Å². The molecule has 2 aromatic rings. The van der Waals surface area contributed by atoms with Gasteiger partial charge >= 0.3 is 0 Å². The summed E-state index contributed by atoms with van der Waals surface area (Å²) >= 11 is 5.37. The van der Waals surface area contributed by atoms with Crippen LogP contribution in [-0.2, 0) is 0 Å². The number of hydrogen-bond donors (Lipinski definition) is 2. The molecule has 0 spiro atoms. The zero-order valence-electron chi connectivity index (χ0n) is 14.6. The Morgan fingerprint density at radius 1 is 1.16 bits per heavy atom. The molecule has 2 aromatic carbocycles. The van der Waals surface area contributed by atoms with Crippen LogP contribution in [0.3, 0.4) is 0 Å². The number of benzene rings is 2. The second-order valence-corrected chi connectivity index (χ2v) is 6.51. The molecule has 0 saturated carbocycles. The summed E-state index contributed by atoms with van der Waals surface area (Å²) in [6.07, 6.45) is 0. The summed E-state index contributed by atoms with van der Waals surface area (Å²) in [6.45, 7) is 6.91. The molecule has 0 aliphatic carbocycles. The van der Waals surface area contributed by atoms with Gasteiger partial charge in [0.15, 0.2) is 16.6 Å². The lowest BCUT2D eigenvalue weighted by Gasteiger charge is -2.19. The molecular formula is C19H22N2O3S. The molecule has 0 saturated heterocycles. The van der Waals surface area contributed by atoms with E-state index in [2.05, 4.69) is 10.6 Å². The lowest BCUT2D eigenvalue weighted by atomic mass is 10.1. The van der Waals surface area contributed by atoms with Crippen LogP contribution in [0.4, 0.5) is 5.69 Å². The Bertz CT molecular complexity index is 759. The van der Waals surface area contributed by atoms with Crippen LogP contribution in [0.1, 0.15) is 18.1 Å². The van der Waals surface area contributed by atoms with Crippen LogP contribution >= 0.6 is 12.2 Å². The van der Waals surface area contributed by atoms with E-state index in [4.69, 9.17) is 26.4 Å². The summed E-state index contributed by atoms with van der Waals surface area (Å²) in [5, 5.41) is 6.92. The van der Waals surface area contributed by atoms with E-state index < -0.39 is 0 Å². The number of anilines is 1. The second-order valence-electron chi connectivity index (χ2n) is 6.10. The summed E-state index contributed by atoms with van der Waals surface area (Å²) in [6, 6.07) is 11.8. The molecule has 0 aromatic heterocycles. The van der Waals surface area contributed by atoms with Crippen LogP contribution in [0.15, 0.2) is 36.4 Å². The molecule has 25 heavy (non-hydrogen) atoms. The molecule has 3 rings (SSSR count). The number of thiocarbonyl (C=S) groups is 1. The molecule has 0 amide bonds. The van der Waals surface area contributed by atoms with Gasteiger partial charge in [0.1, 0.15) is 12.4 Å². The fourth-order valence-electron chi connectivity index (χ4n) is 2.64. The maximum atomic E-state index is 5.95. The van der Waals surface area contributed by atoms with E-state index in [9.17, 15) is 0 Å². The number of nitrogens with one attached hydrogen (secondary N) is 2. The van der Waals surface area contributed by atoms with Gasteiger partial charge in [-0.15, -0.1) is 0 Å². The van der Waals surface area contributed by atoms with Crippen molar-refractivity contribution in [3.05, 3.63) is 47.5 Å². The van der Waals surface area contributed by atoms with Crippen LogP contribution in [0.5, 0.6) is 17.2 Å². The van der Waals surface area contributed by atoms with Crippen LogP contribution in [0.25, 0.3) is 0 Å². The standard InChI is InChI=1S/C19H22N2O3S/c1-12-5-4-6-13(2)18(12)22-10-14(3)20-19(25)21-15-7-8-16-17(9-15)24-11-23-16/h4-9,14H,10-11H2,1-3H3,(H2,20,21,25). The molecular weight excluding hydrogens is 336 g/mol. The van der Waals surface area contributed by atoms with E-state index in [1.165, 1.54) is 0 Å². The zero-order chi connectivity index (χ0) is 17.8. The first kappa shape index (κ1) is 17.4. The Balaban J connectivity index is 1.51. The summed E-state index contributed by atoms with van der Waals surface area (Å²) in [4.78, 5) is 0. The summed E-state index contributed by atoms with van der Waals surface area (Å²) in [5.74, 6) is 2.41. The highest BCUT2D eigenvalue weighted by molar-refractivity contribution is 7.80. The van der Waals surface area contributed by atoms with Crippen molar-refractivity contribution in [2.45, 2.75) is 26.8 Å². The minimum Gasteiger partial charge on any atom is -0.491 e. The minimum absolute atomic E-state index is 0.0630. The minimum atomic E-state index is 0.0630. The number of aryl methyl sites for hydroxylation is 2. The van der Waals surface area contributed by atoms with E-state index in [0.29, 0.717) is 11.7 Å². The molecule has 5 nitrogen and oxygen atoms in total. The number of ether oxygens (including phenoxy) is 3. The monoisotopic (exact) mass is 358 g/mol. The second kappa shape index (κ2) is 7.61. The molecule has 6 heteroatoms. The van der Waals surface area contributed by atoms with Crippen molar-refractivity contribution in [2.75, 3.05) is 18.7 Å². The predicted molar refractivity (Wildman–Crippen MR) is 103 cm³/mol. The van der Waals surface area contributed by atoms with Crippen molar-refractivity contribution >= 4 is 23.0 Å². The normalized spacial score (nSPS) is 13.2. The Morgan fingerprint density at radius 2 is 1.88 bits per heavy atom. The first-order chi connectivity index (χ1) is 12.0. The zero-order valence-corrected chi connectivity index (χ0v) is 15.4. The molecule has 1 heterocycles. The fraction of sp³-hybridized carbons (Fsp3) is 0.316. The largest absolute Gasteiger partial charge is 0.491 e. The van der Waals surface area contributed by atoms with Gasteiger partial charge in [0, 0.05) is 11.8 Å². The van der Waals surface area contributed by atoms with Crippen LogP contribution in [0, 0.1) is 13.8 Å². The average Bonchev–Trinajstić information content (AvgIpc) is 3.02. The van der Waals surface area contributed by atoms with Crippen molar-refractivity contribution < 1.29 is 14.2 Å². The van der Waals surface area contributed by atoms with Crippen molar-refractivity contribution in [1.29, 1.82) is 0 Å². The molecule has 132 valence electrons. The first-order valence-electron chi connectivity index (χ1n) is 8.19. The Morgan fingerprint density at radius 3 is 2.64 bits per heavy atom. The van der Waals surface area contributed by atoms with E-state index in [0.717, 1.165) is 34.1 Å². The van der Waals surface area contributed by atoms with Gasteiger partial charge in [-0.05, 0) is 56.2 Å². The Labute approximate surface area is 153 Å².